The molecule has 0 radical (unpaired) electrons. The molecule has 4 unspecified atom stereocenters. The molecular formula is C24H28N4O10. The number of carbonyl (C=O) groups excluding carboxylic acids is 4. The lowest BCUT2D eigenvalue weighted by Crippen LogP contribution is -2.70. The molecule has 10 N–H and O–H groups in total. The maximum Gasteiger partial charge on any atom is 0.255 e. The van der Waals surface area contributed by atoms with Crippen LogP contribution < -0.4 is 16.5 Å². The first-order valence-electron chi connectivity index (χ1n) is 11.6. The summed E-state index contributed by atoms with van der Waals surface area (Å²) in [5.74, 6) is -10.8. The van der Waals surface area contributed by atoms with Crippen LogP contribution in [-0.2, 0) is 19.2 Å². The molecule has 3 aliphatic carbocycles. The first-order valence-corrected chi connectivity index (χ1v) is 11.6. The number of benzene rings is 1. The lowest BCUT2D eigenvalue weighted by molar-refractivity contribution is -0.169. The number of hydroxylamine groups is 1. The van der Waals surface area contributed by atoms with Gasteiger partial charge in [-0.05, 0) is 31.6 Å². The number of hydrogen-bond donors (Lipinski definition) is 9. The average Bonchev–Trinajstić information content (AvgIpc) is 2.82. The molecule has 0 saturated heterocycles. The van der Waals surface area contributed by atoms with Crippen LogP contribution in [0.25, 0.3) is 5.76 Å². The third-order valence-corrected chi connectivity index (χ3v) is 7.64. The van der Waals surface area contributed by atoms with Gasteiger partial charge in [0.15, 0.2) is 11.4 Å². The number of carbonyl (C=O) groups is 4. The van der Waals surface area contributed by atoms with E-state index >= 15 is 0 Å². The van der Waals surface area contributed by atoms with Crippen molar-refractivity contribution in [1.29, 1.82) is 0 Å². The van der Waals surface area contributed by atoms with Crippen LogP contribution in [0, 0.1) is 11.8 Å². The summed E-state index contributed by atoms with van der Waals surface area (Å²) in [4.78, 5) is 52.3. The molecule has 3 aliphatic rings. The number of nitrogens with one attached hydrogen (secondary N) is 2. The first-order chi connectivity index (χ1) is 17.7. The smallest absolute Gasteiger partial charge is 0.255 e. The molecule has 14 nitrogen and oxygen atoms in total. The Balaban J connectivity index is 1.98. The fraction of sp³-hybridized carbons (Fsp3) is 0.417. The number of nitrogens with two attached hydrogens (primary N) is 1. The number of Topliss-reactive ketones (excluding diaryl/α,β-unsaturated/α-hetero) is 2. The Morgan fingerprint density at radius 2 is 1.79 bits per heavy atom. The van der Waals surface area contributed by atoms with Crippen molar-refractivity contribution in [2.45, 2.75) is 30.6 Å². The van der Waals surface area contributed by atoms with Gasteiger partial charge in [0, 0.05) is 11.5 Å². The van der Waals surface area contributed by atoms with Gasteiger partial charge in [0.05, 0.1) is 29.3 Å². The zero-order valence-corrected chi connectivity index (χ0v) is 20.6. The predicted octanol–water partition coefficient (Wildman–Crippen LogP) is -1.59. The Morgan fingerprint density at radius 3 is 2.34 bits per heavy atom. The fourth-order valence-corrected chi connectivity index (χ4v) is 5.98. The number of primary amides is 1. The number of phenolic OH excluding ortho intramolecular Hbond substituents is 1. The van der Waals surface area contributed by atoms with Gasteiger partial charge in [0.2, 0.25) is 11.7 Å². The van der Waals surface area contributed by atoms with E-state index in [1.54, 1.807) is 12.4 Å². The number of amides is 2. The van der Waals surface area contributed by atoms with Crippen molar-refractivity contribution >= 4 is 34.8 Å². The molecule has 38 heavy (non-hydrogen) atoms. The van der Waals surface area contributed by atoms with Gasteiger partial charge in [0.1, 0.15) is 29.4 Å². The molecule has 1 fully saturated rings. The Hall–Kier alpha value is -3.82. The quantitative estimate of drug-likeness (QED) is 0.118. The summed E-state index contributed by atoms with van der Waals surface area (Å²) in [6, 6.07) is 1.33. The number of hydrogen-bond acceptors (Lipinski definition) is 12. The topological polar surface area (TPSA) is 243 Å². The largest absolute Gasteiger partial charge is 0.508 e. The van der Waals surface area contributed by atoms with Gasteiger partial charge in [-0.25, -0.2) is 0 Å². The van der Waals surface area contributed by atoms with Gasteiger partial charge in [-0.2, -0.15) is 5.48 Å². The molecule has 0 aliphatic heterocycles. The van der Waals surface area contributed by atoms with Gasteiger partial charge in [-0.3, -0.25) is 24.1 Å². The Labute approximate surface area is 215 Å². The third kappa shape index (κ3) is 3.53. The van der Waals surface area contributed by atoms with Gasteiger partial charge in [0.25, 0.3) is 5.91 Å². The highest BCUT2D eigenvalue weighted by Crippen LogP contribution is 2.56. The minimum absolute atomic E-state index is 0.170. The monoisotopic (exact) mass is 532 g/mol. The molecule has 1 aromatic rings. The Kier molecular flexibility index (Phi) is 6.58. The number of aromatic hydroxyl groups is 1. The zero-order valence-electron chi connectivity index (χ0n) is 20.6. The van der Waals surface area contributed by atoms with Crippen molar-refractivity contribution in [2.75, 3.05) is 26.0 Å². The molecule has 0 heterocycles. The normalized spacial score (nSPS) is 30.7. The number of phenols is 1. The number of likely N-dealkylation sites (N-methyl/N-ethyl adjacent to an activating group) is 1. The van der Waals surface area contributed by atoms with E-state index in [1.165, 1.54) is 31.1 Å². The van der Waals surface area contributed by atoms with E-state index in [0.717, 1.165) is 0 Å². The van der Waals surface area contributed by atoms with E-state index in [9.17, 15) is 44.7 Å². The summed E-state index contributed by atoms with van der Waals surface area (Å²) in [5, 5.41) is 67.2. The summed E-state index contributed by atoms with van der Waals surface area (Å²) < 4.78 is 0. The molecule has 1 saturated carbocycles. The highest BCUT2D eigenvalue weighted by atomic mass is 16.5. The van der Waals surface area contributed by atoms with Crippen molar-refractivity contribution in [3.63, 3.8) is 0 Å². The van der Waals surface area contributed by atoms with Gasteiger partial charge in [-0.15, -0.1) is 0 Å². The van der Waals surface area contributed by atoms with Crippen molar-refractivity contribution in [2.24, 2.45) is 17.6 Å². The van der Waals surface area contributed by atoms with E-state index < -0.39 is 93.8 Å². The number of nitrogens with zero attached hydrogens (tertiary/aromatic N) is 1. The van der Waals surface area contributed by atoms with Crippen LogP contribution in [0.4, 0.5) is 5.69 Å². The number of fused-ring (bicyclic) bond motifs is 3. The lowest BCUT2D eigenvalue weighted by atomic mass is 9.54. The van der Waals surface area contributed by atoms with Gasteiger partial charge < -0.3 is 41.8 Å². The van der Waals surface area contributed by atoms with Crippen LogP contribution >= 0.6 is 0 Å². The molecule has 1 aromatic carbocycles. The summed E-state index contributed by atoms with van der Waals surface area (Å²) >= 11 is 0. The molecule has 0 bridgehead atoms. The molecule has 14 heteroatoms. The second-order valence-electron chi connectivity index (χ2n) is 9.86. The van der Waals surface area contributed by atoms with E-state index in [1.807, 2.05) is 0 Å². The maximum atomic E-state index is 13.9. The minimum Gasteiger partial charge on any atom is -0.508 e. The predicted molar refractivity (Wildman–Crippen MR) is 129 cm³/mol. The van der Waals surface area contributed by atoms with Crippen LogP contribution in [-0.4, -0.2) is 97.4 Å². The van der Waals surface area contributed by atoms with E-state index in [0.29, 0.717) is 0 Å². The molecular weight excluding hydrogens is 504 g/mol. The second kappa shape index (κ2) is 9.18. The van der Waals surface area contributed by atoms with Crippen LogP contribution in [0.5, 0.6) is 5.75 Å². The number of ketones is 2. The minimum atomic E-state index is -3.02. The van der Waals surface area contributed by atoms with Crippen molar-refractivity contribution in [3.8, 4) is 5.75 Å². The third-order valence-electron chi connectivity index (χ3n) is 7.64. The van der Waals surface area contributed by atoms with E-state index in [4.69, 9.17) is 10.9 Å². The molecule has 2 amide bonds. The number of anilines is 1. The lowest BCUT2D eigenvalue weighted by Gasteiger charge is -2.53. The number of aliphatic hydroxyl groups excluding tert-OH is 3. The molecule has 6 atom stereocenters. The SMILES string of the molecule is CC1c2ccc(NC(=O)CNO)c(O)c2C(O)=C2C(=O)[C@]3(O)C(O)=C(C(N)=O)C(=O)[C@@H](N(C)C)C3C(O)C21. The van der Waals surface area contributed by atoms with Crippen LogP contribution in [0.15, 0.2) is 29.0 Å². The number of aliphatic hydroxyl groups is 4. The summed E-state index contributed by atoms with van der Waals surface area (Å²) in [7, 11) is 2.84. The zero-order chi connectivity index (χ0) is 28.4. The fourth-order valence-electron chi connectivity index (χ4n) is 5.98. The van der Waals surface area contributed by atoms with Crippen LogP contribution in [0.3, 0.4) is 0 Å². The maximum absolute atomic E-state index is 13.9. The van der Waals surface area contributed by atoms with Crippen molar-refractivity contribution < 1.29 is 49.9 Å². The molecule has 0 aromatic heterocycles. The highest BCUT2D eigenvalue weighted by molar-refractivity contribution is 6.24. The van der Waals surface area contributed by atoms with Crippen LogP contribution in [0.2, 0.25) is 0 Å². The highest BCUT2D eigenvalue weighted by Gasteiger charge is 2.68. The van der Waals surface area contributed by atoms with Gasteiger partial charge in [-0.1, -0.05) is 13.0 Å². The second-order valence-corrected chi connectivity index (χ2v) is 9.86. The Morgan fingerprint density at radius 1 is 1.16 bits per heavy atom. The van der Waals surface area contributed by atoms with Crippen molar-refractivity contribution in [1.82, 2.24) is 10.4 Å². The van der Waals surface area contributed by atoms with Crippen molar-refractivity contribution in [3.05, 3.63) is 40.2 Å². The summed E-state index contributed by atoms with van der Waals surface area (Å²) in [5.41, 5.74) is 2.22. The number of rotatable bonds is 5. The molecule has 0 spiro atoms. The van der Waals surface area contributed by atoms with E-state index in [2.05, 4.69) is 5.32 Å². The van der Waals surface area contributed by atoms with E-state index in [-0.39, 0.29) is 16.8 Å². The standard InChI is InChI=1S/C24H28N4O10/c1-7-8-4-5-9(27-10(29)6-26-38)17(30)12(8)18(31)13-11(7)19(32)15-16(28(2)3)20(33)14(23(25)36)22(35)24(15,37)21(13)34/h4-5,7,11,15-16,19,26,30-32,35,37-38H,6H2,1-3H3,(H2,25,36)(H,27,29)/t7?,11?,15?,16-,19?,24-/m0/s1. The summed E-state index contributed by atoms with van der Waals surface area (Å²) in [6.45, 7) is 1.07. The van der Waals surface area contributed by atoms with Gasteiger partial charge >= 0.3 is 0 Å². The molecule has 4 rings (SSSR count). The summed E-state index contributed by atoms with van der Waals surface area (Å²) in [6.07, 6.45) is -1.71. The van der Waals surface area contributed by atoms with Crippen LogP contribution in [0.1, 0.15) is 24.0 Å². The average molecular weight is 533 g/mol. The first kappa shape index (κ1) is 27.2. The Bertz CT molecular complexity index is 1340. The molecule has 204 valence electrons.